The van der Waals surface area contributed by atoms with E-state index in [2.05, 4.69) is 10.3 Å². The van der Waals surface area contributed by atoms with Crippen molar-refractivity contribution < 1.29 is 4.79 Å². The fourth-order valence-electron chi connectivity index (χ4n) is 1.83. The summed E-state index contributed by atoms with van der Waals surface area (Å²) in [6.45, 7) is 0. The van der Waals surface area contributed by atoms with Crippen molar-refractivity contribution in [3.8, 4) is 16.6 Å². The van der Waals surface area contributed by atoms with Crippen LogP contribution in [0, 0.1) is 11.3 Å². The first-order chi connectivity index (χ1) is 11.1. The normalized spacial score (nSPS) is 10.3. The second-order valence-corrected chi connectivity index (χ2v) is 7.01. The number of carbonyl (C=O) groups excluding carboxylic acids is 1. The van der Waals surface area contributed by atoms with E-state index in [9.17, 15) is 4.79 Å². The third-order valence-electron chi connectivity index (χ3n) is 2.91. The van der Waals surface area contributed by atoms with Crippen LogP contribution in [0.15, 0.2) is 35.0 Å². The molecular weight excluding hydrogens is 373 g/mol. The SMILES string of the molecule is N#Cc1ccsc1NC(=O)c1csc(-c2ccc(Cl)cc2Cl)n1. The van der Waals surface area contributed by atoms with Gasteiger partial charge in [0, 0.05) is 16.0 Å². The molecule has 0 saturated carbocycles. The molecule has 23 heavy (non-hydrogen) atoms. The Kier molecular flexibility index (Phi) is 4.64. The molecule has 0 atom stereocenters. The molecule has 0 bridgehead atoms. The van der Waals surface area contributed by atoms with Gasteiger partial charge in [-0.15, -0.1) is 22.7 Å². The minimum absolute atomic E-state index is 0.272. The van der Waals surface area contributed by atoms with Crippen LogP contribution >= 0.6 is 45.9 Å². The molecule has 1 amide bonds. The number of thiophene rings is 1. The number of aromatic nitrogens is 1. The summed E-state index contributed by atoms with van der Waals surface area (Å²) in [6, 6.07) is 8.79. The maximum Gasteiger partial charge on any atom is 0.275 e. The van der Waals surface area contributed by atoms with Crippen LogP contribution in [-0.4, -0.2) is 10.9 Å². The van der Waals surface area contributed by atoms with Gasteiger partial charge in [-0.1, -0.05) is 23.2 Å². The largest absolute Gasteiger partial charge is 0.311 e. The van der Waals surface area contributed by atoms with Gasteiger partial charge in [0.05, 0.1) is 10.6 Å². The van der Waals surface area contributed by atoms with Crippen LogP contribution in [0.4, 0.5) is 5.00 Å². The highest BCUT2D eigenvalue weighted by molar-refractivity contribution is 7.14. The Morgan fingerprint density at radius 1 is 1.26 bits per heavy atom. The minimum atomic E-state index is -0.364. The van der Waals surface area contributed by atoms with Gasteiger partial charge in [0.25, 0.3) is 5.91 Å². The number of benzene rings is 1. The van der Waals surface area contributed by atoms with E-state index in [0.717, 1.165) is 0 Å². The van der Waals surface area contributed by atoms with Gasteiger partial charge in [-0.3, -0.25) is 4.79 Å². The minimum Gasteiger partial charge on any atom is -0.311 e. The molecule has 114 valence electrons. The molecule has 0 aliphatic rings. The third-order valence-corrected chi connectivity index (χ3v) is 5.16. The fraction of sp³-hybridized carbons (Fsp3) is 0. The third kappa shape index (κ3) is 3.38. The number of hydrogen-bond acceptors (Lipinski definition) is 5. The van der Waals surface area contributed by atoms with Gasteiger partial charge in [0.2, 0.25) is 0 Å². The number of nitrogens with one attached hydrogen (secondary N) is 1. The molecule has 0 spiro atoms. The lowest BCUT2D eigenvalue weighted by Crippen LogP contribution is -2.12. The number of carbonyl (C=O) groups is 1. The summed E-state index contributed by atoms with van der Waals surface area (Å²) in [5.74, 6) is -0.364. The molecule has 0 aliphatic carbocycles. The first kappa shape index (κ1) is 16.0. The molecule has 2 aromatic heterocycles. The van der Waals surface area contributed by atoms with Crippen LogP contribution in [0.1, 0.15) is 16.1 Å². The highest BCUT2D eigenvalue weighted by atomic mass is 35.5. The van der Waals surface area contributed by atoms with Crippen LogP contribution in [0.2, 0.25) is 10.0 Å². The number of halogens is 2. The summed E-state index contributed by atoms with van der Waals surface area (Å²) in [4.78, 5) is 16.5. The monoisotopic (exact) mass is 379 g/mol. The van der Waals surface area contributed by atoms with Crippen molar-refractivity contribution in [1.82, 2.24) is 4.98 Å². The van der Waals surface area contributed by atoms with Gasteiger partial charge in [-0.05, 0) is 29.6 Å². The van der Waals surface area contributed by atoms with Crippen LogP contribution in [0.25, 0.3) is 10.6 Å². The zero-order valence-electron chi connectivity index (χ0n) is 11.3. The maximum absolute atomic E-state index is 12.2. The molecule has 3 aromatic rings. The Morgan fingerprint density at radius 3 is 2.83 bits per heavy atom. The summed E-state index contributed by atoms with van der Waals surface area (Å²) < 4.78 is 0. The Balaban J connectivity index is 1.84. The zero-order valence-corrected chi connectivity index (χ0v) is 14.5. The van der Waals surface area contributed by atoms with Crippen molar-refractivity contribution in [3.63, 3.8) is 0 Å². The van der Waals surface area contributed by atoms with Gasteiger partial charge in [0.15, 0.2) is 0 Å². The molecule has 0 fully saturated rings. The van der Waals surface area contributed by atoms with Gasteiger partial charge in [0.1, 0.15) is 21.8 Å². The van der Waals surface area contributed by atoms with Crippen LogP contribution in [0.3, 0.4) is 0 Å². The number of nitriles is 1. The van der Waals surface area contributed by atoms with Crippen LogP contribution in [-0.2, 0) is 0 Å². The van der Waals surface area contributed by atoms with Crippen molar-refractivity contribution in [2.24, 2.45) is 0 Å². The Morgan fingerprint density at radius 2 is 2.09 bits per heavy atom. The zero-order chi connectivity index (χ0) is 16.4. The number of thiazole rings is 1. The quantitative estimate of drug-likeness (QED) is 0.670. The first-order valence-electron chi connectivity index (χ1n) is 6.28. The van der Waals surface area contributed by atoms with Gasteiger partial charge in [-0.2, -0.15) is 5.26 Å². The summed E-state index contributed by atoms with van der Waals surface area (Å²) in [7, 11) is 0. The second-order valence-electron chi connectivity index (χ2n) is 4.39. The lowest BCUT2D eigenvalue weighted by molar-refractivity contribution is 0.102. The van der Waals surface area contributed by atoms with E-state index in [1.807, 2.05) is 6.07 Å². The summed E-state index contributed by atoms with van der Waals surface area (Å²) in [5, 5.41) is 17.2. The standard InChI is InChI=1S/C15H7Cl2N3OS2/c16-9-1-2-10(11(17)5-9)15-19-12(7-23-15)13(21)20-14-8(6-18)3-4-22-14/h1-5,7H,(H,20,21). The average molecular weight is 380 g/mol. The van der Waals surface area contributed by atoms with E-state index in [-0.39, 0.29) is 11.6 Å². The van der Waals surface area contributed by atoms with E-state index in [0.29, 0.717) is 31.2 Å². The predicted molar refractivity (Wildman–Crippen MR) is 94.6 cm³/mol. The molecule has 0 aliphatic heterocycles. The number of amides is 1. The number of nitrogens with zero attached hydrogens (tertiary/aromatic N) is 2. The number of rotatable bonds is 3. The van der Waals surface area contributed by atoms with Crippen molar-refractivity contribution in [2.75, 3.05) is 5.32 Å². The molecule has 0 radical (unpaired) electrons. The van der Waals surface area contributed by atoms with Crippen LogP contribution < -0.4 is 5.32 Å². The predicted octanol–water partition coefficient (Wildman–Crippen LogP) is 5.30. The number of hydrogen-bond donors (Lipinski definition) is 1. The summed E-state index contributed by atoms with van der Waals surface area (Å²) >= 11 is 14.6. The van der Waals surface area contributed by atoms with Crippen LogP contribution in [0.5, 0.6) is 0 Å². The molecule has 2 heterocycles. The summed E-state index contributed by atoms with van der Waals surface area (Å²) in [6.07, 6.45) is 0. The van der Waals surface area contributed by atoms with E-state index in [1.165, 1.54) is 22.7 Å². The van der Waals surface area contributed by atoms with Crippen molar-refractivity contribution in [2.45, 2.75) is 0 Å². The van der Waals surface area contributed by atoms with Gasteiger partial charge < -0.3 is 5.32 Å². The maximum atomic E-state index is 12.2. The van der Waals surface area contributed by atoms with Crippen molar-refractivity contribution in [1.29, 1.82) is 5.26 Å². The highest BCUT2D eigenvalue weighted by Gasteiger charge is 2.15. The van der Waals surface area contributed by atoms with Crippen molar-refractivity contribution in [3.05, 3.63) is 56.3 Å². The first-order valence-corrected chi connectivity index (χ1v) is 8.80. The summed E-state index contributed by atoms with van der Waals surface area (Å²) in [5.41, 5.74) is 1.42. The Bertz CT molecular complexity index is 927. The fourth-order valence-corrected chi connectivity index (χ4v) is 3.95. The smallest absolute Gasteiger partial charge is 0.275 e. The second kappa shape index (κ2) is 6.69. The Hall–Kier alpha value is -1.91. The van der Waals surface area contributed by atoms with E-state index in [1.54, 1.807) is 35.0 Å². The molecule has 1 aromatic carbocycles. The molecular formula is C15H7Cl2N3OS2. The lowest BCUT2D eigenvalue weighted by Gasteiger charge is -2.01. The number of anilines is 1. The van der Waals surface area contributed by atoms with E-state index >= 15 is 0 Å². The molecule has 3 rings (SSSR count). The van der Waals surface area contributed by atoms with Crippen molar-refractivity contribution >= 4 is 56.8 Å². The average Bonchev–Trinajstić information content (AvgIpc) is 3.16. The lowest BCUT2D eigenvalue weighted by atomic mass is 10.2. The molecule has 4 nitrogen and oxygen atoms in total. The molecule has 8 heteroatoms. The molecule has 1 N–H and O–H groups in total. The van der Waals surface area contributed by atoms with Gasteiger partial charge in [-0.25, -0.2) is 4.98 Å². The van der Waals surface area contributed by atoms with Gasteiger partial charge >= 0.3 is 0 Å². The Labute approximate surface area is 149 Å². The van der Waals surface area contributed by atoms with E-state index in [4.69, 9.17) is 28.5 Å². The highest BCUT2D eigenvalue weighted by Crippen LogP contribution is 2.32. The molecule has 0 saturated heterocycles. The molecule has 0 unspecified atom stereocenters. The van der Waals surface area contributed by atoms with E-state index < -0.39 is 0 Å². The topological polar surface area (TPSA) is 65.8 Å².